The van der Waals surface area contributed by atoms with E-state index in [1.54, 1.807) is 0 Å². The normalized spacial score (nSPS) is 14.3. The van der Waals surface area contributed by atoms with Gasteiger partial charge >= 0.3 is 57.3 Å². The number of benzene rings is 5. The molecule has 0 N–H and O–H groups in total. The van der Waals surface area contributed by atoms with Gasteiger partial charge in [-0.15, -0.1) is 0 Å². The quantitative estimate of drug-likeness (QED) is 0.0741. The van der Waals surface area contributed by atoms with Gasteiger partial charge in [-0.25, -0.2) is 16.8 Å². The van der Waals surface area contributed by atoms with Crippen molar-refractivity contribution in [3.05, 3.63) is 144 Å². The molecule has 0 saturated carbocycles. The van der Waals surface area contributed by atoms with Crippen molar-refractivity contribution in [1.29, 1.82) is 0 Å². The SMILES string of the molecule is O=S(=O)([O-])CCCN1\C(=C/C=C(/C=C/c2oc3cc4ccccc4cc3[n+]2CCCS(=O)(=O)[O-])Cc2ccccc2)Oc2cc3ccccc3cc21.[K+]. The zero-order valence-electron chi connectivity index (χ0n) is 29.1. The Balaban J connectivity index is 0.00000481. The predicted molar refractivity (Wildman–Crippen MR) is 200 cm³/mol. The van der Waals surface area contributed by atoms with Crippen LogP contribution in [0.3, 0.4) is 0 Å². The summed E-state index contributed by atoms with van der Waals surface area (Å²) in [4.78, 5) is 1.88. The molecule has 1 aliphatic rings. The Morgan fingerprint density at radius 3 is 2.04 bits per heavy atom. The van der Waals surface area contributed by atoms with Gasteiger partial charge in [-0.3, -0.25) is 0 Å². The van der Waals surface area contributed by atoms with Gasteiger partial charge in [0.25, 0.3) is 5.52 Å². The van der Waals surface area contributed by atoms with Gasteiger partial charge in [0.15, 0.2) is 12.3 Å². The summed E-state index contributed by atoms with van der Waals surface area (Å²) in [5, 5.41) is 3.98. The Morgan fingerprint density at radius 1 is 0.755 bits per heavy atom. The minimum Gasteiger partial charge on any atom is -0.748 e. The maximum Gasteiger partial charge on any atom is 1.00 e. The van der Waals surface area contributed by atoms with Crippen LogP contribution in [0.2, 0.25) is 0 Å². The van der Waals surface area contributed by atoms with Gasteiger partial charge in [-0.2, -0.15) is 4.57 Å². The molecule has 266 valence electrons. The van der Waals surface area contributed by atoms with Crippen LogP contribution in [0.15, 0.2) is 137 Å². The molecule has 53 heavy (non-hydrogen) atoms. The molecule has 1 aromatic heterocycles. The molecule has 2 heterocycles. The Labute approximate surface area is 351 Å². The second-order valence-corrected chi connectivity index (χ2v) is 15.7. The average Bonchev–Trinajstić information content (AvgIpc) is 3.62. The summed E-state index contributed by atoms with van der Waals surface area (Å²) in [7, 11) is -8.78. The number of hydrogen-bond acceptors (Lipinski definition) is 9. The van der Waals surface area contributed by atoms with Crippen LogP contribution >= 0.6 is 0 Å². The summed E-state index contributed by atoms with van der Waals surface area (Å²) in [5.41, 5.74) is 4.11. The van der Waals surface area contributed by atoms with E-state index in [0.29, 0.717) is 29.5 Å². The molecule has 0 aliphatic carbocycles. The molecule has 5 aromatic carbocycles. The third-order valence-electron chi connectivity index (χ3n) is 8.88. The number of anilines is 1. The summed E-state index contributed by atoms with van der Waals surface area (Å²) in [5.74, 6) is 0.601. The first-order valence-corrected chi connectivity index (χ1v) is 20.0. The third kappa shape index (κ3) is 9.92. The Kier molecular flexibility index (Phi) is 12.4. The van der Waals surface area contributed by atoms with Crippen molar-refractivity contribution >= 4 is 64.6 Å². The standard InChI is InChI=1S/C40H36N2O8S2.K/c43-51(44,45)22-8-20-41-35-25-31-12-4-6-14-33(31)27-37(35)49-39(41)18-16-30(24-29-10-2-1-3-11-29)17-19-40-42(21-9-23-52(46,47)48)36-26-32-13-5-7-15-34(32)28-38(36)50-40;/h1-7,10-19,25-28H,8-9,20-24H2,(H-,43,44,45,46,47,48);/q;+1/p-1. The number of fused-ring (bicyclic) bond motifs is 4. The first kappa shape index (κ1) is 39.1. The second-order valence-electron chi connectivity index (χ2n) is 12.7. The van der Waals surface area contributed by atoms with E-state index in [1.807, 2.05) is 137 Å². The average molecular weight is 775 g/mol. The van der Waals surface area contributed by atoms with Crippen molar-refractivity contribution in [3.63, 3.8) is 0 Å². The maximum atomic E-state index is 11.4. The predicted octanol–water partition coefficient (Wildman–Crippen LogP) is 3.82. The molecule has 0 atom stereocenters. The van der Waals surface area contributed by atoms with Gasteiger partial charge in [0, 0.05) is 30.5 Å². The maximum absolute atomic E-state index is 11.4. The smallest absolute Gasteiger partial charge is 0.748 e. The van der Waals surface area contributed by atoms with Crippen LogP contribution in [-0.4, -0.2) is 44.0 Å². The molecule has 0 radical (unpaired) electrons. The van der Waals surface area contributed by atoms with E-state index in [9.17, 15) is 25.9 Å². The molecule has 6 aromatic rings. The van der Waals surface area contributed by atoms with Gasteiger partial charge in [0.2, 0.25) is 11.5 Å². The molecule has 0 bridgehead atoms. The molecular formula is C40H35KN2O8S2. The van der Waals surface area contributed by atoms with E-state index >= 15 is 0 Å². The number of aromatic nitrogens is 1. The Hall–Kier alpha value is -3.63. The van der Waals surface area contributed by atoms with Gasteiger partial charge < -0.3 is 23.2 Å². The molecule has 0 saturated heterocycles. The monoisotopic (exact) mass is 774 g/mol. The molecule has 1 aliphatic heterocycles. The minimum absolute atomic E-state index is 0. The summed E-state index contributed by atoms with van der Waals surface area (Å²) >= 11 is 0. The van der Waals surface area contributed by atoms with Crippen LogP contribution < -0.4 is 65.6 Å². The van der Waals surface area contributed by atoms with Crippen LogP contribution in [0, 0.1) is 0 Å². The molecule has 13 heteroatoms. The number of allylic oxidation sites excluding steroid dienone is 4. The zero-order chi connectivity index (χ0) is 36.3. The first-order valence-electron chi connectivity index (χ1n) is 16.8. The van der Waals surface area contributed by atoms with E-state index in [1.165, 1.54) is 0 Å². The van der Waals surface area contributed by atoms with E-state index in [4.69, 9.17) is 9.15 Å². The third-order valence-corrected chi connectivity index (χ3v) is 10.5. The number of hydrogen-bond donors (Lipinski definition) is 0. The van der Waals surface area contributed by atoms with E-state index in [2.05, 4.69) is 0 Å². The van der Waals surface area contributed by atoms with Crippen LogP contribution in [0.1, 0.15) is 24.3 Å². The van der Waals surface area contributed by atoms with Gasteiger partial charge in [-0.05, 0) is 75.9 Å². The van der Waals surface area contributed by atoms with E-state index in [-0.39, 0.29) is 77.3 Å². The van der Waals surface area contributed by atoms with E-state index < -0.39 is 31.7 Å². The molecule has 0 unspecified atom stereocenters. The number of ether oxygens (including phenoxy) is 1. The fourth-order valence-electron chi connectivity index (χ4n) is 6.44. The van der Waals surface area contributed by atoms with Crippen molar-refractivity contribution in [2.45, 2.75) is 25.8 Å². The number of aryl methyl sites for hydroxylation is 1. The molecule has 0 amide bonds. The molecule has 7 rings (SSSR count). The topological polar surface area (TPSA) is 144 Å². The first-order chi connectivity index (χ1) is 25.0. The summed E-state index contributed by atoms with van der Waals surface area (Å²) < 4.78 is 83.2. The zero-order valence-corrected chi connectivity index (χ0v) is 33.8. The van der Waals surface area contributed by atoms with Crippen molar-refractivity contribution < 1.29 is 91.0 Å². The number of oxazole rings is 1. The largest absolute Gasteiger partial charge is 1.00 e. The van der Waals surface area contributed by atoms with Gasteiger partial charge in [0.1, 0.15) is 0 Å². The van der Waals surface area contributed by atoms with Crippen LogP contribution in [0.4, 0.5) is 5.69 Å². The van der Waals surface area contributed by atoms with Crippen molar-refractivity contribution in [2.75, 3.05) is 23.0 Å². The molecule has 10 nitrogen and oxygen atoms in total. The molecule has 0 fully saturated rings. The van der Waals surface area contributed by atoms with Crippen LogP contribution in [-0.2, 0) is 33.2 Å². The van der Waals surface area contributed by atoms with Crippen molar-refractivity contribution in [2.24, 2.45) is 0 Å². The fourth-order valence-corrected chi connectivity index (χ4v) is 7.41. The Bertz CT molecular complexity index is 2600. The number of rotatable bonds is 13. The van der Waals surface area contributed by atoms with Crippen LogP contribution in [0.5, 0.6) is 5.75 Å². The second kappa shape index (κ2) is 16.8. The molecule has 0 spiro atoms. The van der Waals surface area contributed by atoms with E-state index in [0.717, 1.165) is 43.9 Å². The molecular weight excluding hydrogens is 740 g/mol. The van der Waals surface area contributed by atoms with Gasteiger partial charge in [-0.1, -0.05) is 84.9 Å². The summed E-state index contributed by atoms with van der Waals surface area (Å²) in [6, 6.07) is 33.5. The van der Waals surface area contributed by atoms with Crippen LogP contribution in [0.25, 0.3) is 38.7 Å². The number of nitrogens with zero attached hydrogens (tertiary/aromatic N) is 2. The summed E-state index contributed by atoms with van der Waals surface area (Å²) in [6.07, 6.45) is 8.29. The Morgan fingerprint density at radius 2 is 1.36 bits per heavy atom. The minimum atomic E-state index is -4.39. The van der Waals surface area contributed by atoms with Gasteiger partial charge in [0.05, 0.1) is 32.0 Å². The summed E-state index contributed by atoms with van der Waals surface area (Å²) in [6.45, 7) is 0.505. The fraction of sp³-hybridized carbons (Fsp3) is 0.175. The van der Waals surface area contributed by atoms with Crippen molar-refractivity contribution in [1.82, 2.24) is 0 Å². The van der Waals surface area contributed by atoms with Crippen molar-refractivity contribution in [3.8, 4) is 5.75 Å².